The van der Waals surface area contributed by atoms with Crippen molar-refractivity contribution in [2.75, 3.05) is 3.86 Å². The van der Waals surface area contributed by atoms with Gasteiger partial charge in [0.2, 0.25) is 0 Å². The second-order valence-corrected chi connectivity index (χ2v) is 18.7. The van der Waals surface area contributed by atoms with E-state index in [0.717, 1.165) is 23.0 Å². The molecule has 0 heterocycles. The van der Waals surface area contributed by atoms with E-state index in [1.165, 1.54) is 44.8 Å². The molecule has 0 fully saturated rings. The van der Waals surface area contributed by atoms with E-state index in [0.29, 0.717) is 23.7 Å². The minimum atomic E-state index is -2.17. The van der Waals surface area contributed by atoms with Gasteiger partial charge in [-0.1, -0.05) is 71.8 Å². The van der Waals surface area contributed by atoms with Gasteiger partial charge in [-0.25, -0.2) is 13.2 Å². The van der Waals surface area contributed by atoms with Crippen molar-refractivity contribution in [2.24, 2.45) is 4.99 Å². The van der Waals surface area contributed by atoms with E-state index in [4.69, 9.17) is 4.99 Å². The Morgan fingerprint density at radius 1 is 0.545 bits per heavy atom. The summed E-state index contributed by atoms with van der Waals surface area (Å²) >= 11 is -0.819. The van der Waals surface area contributed by atoms with Crippen LogP contribution >= 0.6 is 0 Å². The van der Waals surface area contributed by atoms with Crippen LogP contribution in [0.4, 0.5) is 33.3 Å². The summed E-state index contributed by atoms with van der Waals surface area (Å²) in [5.41, 5.74) is 13.8. The van der Waals surface area contributed by atoms with Crippen molar-refractivity contribution in [2.45, 2.75) is 107 Å². The van der Waals surface area contributed by atoms with Gasteiger partial charge >= 0.3 is 269 Å². The first-order valence-corrected chi connectivity index (χ1v) is 23.9. The number of anilines is 1. The van der Waals surface area contributed by atoms with Crippen molar-refractivity contribution < 1.29 is 39.0 Å². The van der Waals surface area contributed by atoms with Crippen LogP contribution in [-0.2, 0) is 17.1 Å². The van der Waals surface area contributed by atoms with Crippen LogP contribution in [0.3, 0.4) is 0 Å². The molecule has 0 saturated carbocycles. The fourth-order valence-electron chi connectivity index (χ4n) is 6.55. The third-order valence-electron chi connectivity index (χ3n) is 9.99. The molecule has 6 aromatic rings. The standard InChI is InChI=1S/C37H46GeN2.2C7H8.C6F5.Cu/c1-25(2)32-18-14-19-33(26(3)4)36(32)39-29(9)24-30(10)40(38-23-22-31-16-12-11-13-17-31)37-34(27(5)6)20-15-21-35(37)28(7)8;2*1-7-5-3-2-4-6-7;7-2-1-3(8)5(10)6(11)4(2)9;/h11-21,24-28H,1-10H3;2*2-6H,1H3;;/q;;;-1;+1/b30-24-,39-29?;;;;. The zero-order valence-corrected chi connectivity index (χ0v) is 43.1. The molecule has 0 spiro atoms. The molecule has 350 valence electrons. The number of para-hydroxylation sites is 2. The molecule has 0 aromatic heterocycles. The molecule has 0 amide bonds. The molecule has 6 rings (SSSR count). The zero-order chi connectivity index (χ0) is 48.2. The van der Waals surface area contributed by atoms with Crippen molar-refractivity contribution in [3.8, 4) is 10.7 Å². The molecule has 0 atom stereocenters. The predicted octanol–water partition coefficient (Wildman–Crippen LogP) is 16.5. The summed E-state index contributed by atoms with van der Waals surface area (Å²) in [6.07, 6.45) is 2.26. The number of aliphatic imine (C=N–C) groups is 1. The van der Waals surface area contributed by atoms with Crippen molar-refractivity contribution >= 4 is 32.7 Å². The van der Waals surface area contributed by atoms with Gasteiger partial charge in [0.15, 0.2) is 0 Å². The number of allylic oxidation sites excluding steroid dienone is 2. The number of rotatable bonds is 9. The number of hydrogen-bond acceptors (Lipinski definition) is 2. The van der Waals surface area contributed by atoms with Gasteiger partial charge in [-0.15, -0.1) is 6.07 Å². The van der Waals surface area contributed by atoms with Crippen molar-refractivity contribution in [3.63, 3.8) is 0 Å². The zero-order valence-electron chi connectivity index (χ0n) is 40.1. The first-order chi connectivity index (χ1) is 30.8. The normalized spacial score (nSPS) is 11.0. The Kier molecular flexibility index (Phi) is 24.8. The number of aryl methyl sites for hydroxylation is 2. The Hall–Kier alpha value is -5.20. The largest absolute Gasteiger partial charge is 1.00 e. The SMILES string of the molecule is CC(/C=C(/C)[N]([Ge][C]#Cc1ccccc1)c1c(C(C)C)cccc1C(C)C)=Nc1c(C(C)C)cccc1C(C)C.Cc1ccccc1.Cc1ccccc1.Fc1[c-]c(F)c(F)c(F)c1F.[Cu+]. The molecule has 2 radical (unpaired) electrons. The molecule has 0 N–H and O–H groups in total. The molecule has 0 aliphatic heterocycles. The van der Waals surface area contributed by atoms with Gasteiger partial charge < -0.3 is 0 Å². The summed E-state index contributed by atoms with van der Waals surface area (Å²) in [5, 5.41) is 0. The monoisotopic (exact) mass is 1010 g/mol. The molecule has 0 saturated heterocycles. The van der Waals surface area contributed by atoms with Crippen LogP contribution in [0.1, 0.15) is 132 Å². The Morgan fingerprint density at radius 3 is 1.29 bits per heavy atom. The summed E-state index contributed by atoms with van der Waals surface area (Å²) in [6.45, 7) is 26.7. The fraction of sp³-hybridized carbons (Fsp3) is 0.281. The van der Waals surface area contributed by atoms with Crippen LogP contribution in [0.15, 0.2) is 144 Å². The van der Waals surface area contributed by atoms with Gasteiger partial charge in [-0.05, 0) is 13.8 Å². The maximum atomic E-state index is 12.0. The molecule has 2 nitrogen and oxygen atoms in total. The van der Waals surface area contributed by atoms with Gasteiger partial charge in [0.1, 0.15) is 0 Å². The van der Waals surface area contributed by atoms with E-state index in [1.807, 2.05) is 42.5 Å². The van der Waals surface area contributed by atoms with Crippen LogP contribution < -0.4 is 3.86 Å². The Morgan fingerprint density at radius 2 is 0.924 bits per heavy atom. The van der Waals surface area contributed by atoms with E-state index >= 15 is 0 Å². The summed E-state index contributed by atoms with van der Waals surface area (Å²) in [5.74, 6) is -4.95. The third kappa shape index (κ3) is 17.9. The minimum Gasteiger partial charge on any atom is -0.278 e. The Balaban J connectivity index is 0.000000458. The van der Waals surface area contributed by atoms with Gasteiger partial charge in [-0.3, -0.25) is 8.78 Å². The van der Waals surface area contributed by atoms with Gasteiger partial charge in [0, 0.05) is 0 Å². The van der Waals surface area contributed by atoms with Gasteiger partial charge in [0.25, 0.3) is 0 Å². The Bertz CT molecular complexity index is 2410. The molecule has 0 unspecified atom stereocenters. The predicted molar refractivity (Wildman–Crippen MR) is 265 cm³/mol. The van der Waals surface area contributed by atoms with E-state index in [9.17, 15) is 22.0 Å². The second kappa shape index (κ2) is 28.8. The summed E-state index contributed by atoms with van der Waals surface area (Å²) in [7, 11) is 0. The number of halogens is 5. The van der Waals surface area contributed by atoms with Crippen LogP contribution in [0.25, 0.3) is 0 Å². The quantitative estimate of drug-likeness (QED) is 0.0268. The third-order valence-corrected chi connectivity index (χ3v) is 12.2. The summed E-state index contributed by atoms with van der Waals surface area (Å²) < 4.78 is 66.0. The number of nitrogens with zero attached hydrogens (tertiary/aromatic N) is 2. The van der Waals surface area contributed by atoms with Gasteiger partial charge in [-0.2, -0.15) is 0 Å². The maximum absolute atomic E-state index is 12.0. The van der Waals surface area contributed by atoms with Crippen LogP contribution in [0.5, 0.6) is 0 Å². The average Bonchev–Trinajstić information content (AvgIpc) is 3.27. The van der Waals surface area contributed by atoms with Crippen molar-refractivity contribution in [3.05, 3.63) is 213 Å². The molecule has 0 bridgehead atoms. The van der Waals surface area contributed by atoms with E-state index in [-0.39, 0.29) is 17.1 Å². The van der Waals surface area contributed by atoms with E-state index < -0.39 is 44.7 Å². The van der Waals surface area contributed by atoms with Crippen molar-refractivity contribution in [1.82, 2.24) is 0 Å². The van der Waals surface area contributed by atoms with Crippen LogP contribution in [0, 0.1) is 59.7 Å². The van der Waals surface area contributed by atoms with E-state index in [2.05, 4.69) is 189 Å². The van der Waals surface area contributed by atoms with Gasteiger partial charge in [0.05, 0.1) is 29.1 Å². The van der Waals surface area contributed by atoms with E-state index in [1.54, 1.807) is 0 Å². The minimum absolute atomic E-state index is 0. The topological polar surface area (TPSA) is 15.6 Å². The fourth-order valence-corrected chi connectivity index (χ4v) is 8.48. The molecule has 0 aliphatic carbocycles. The molecule has 0 aliphatic rings. The molecule has 9 heteroatoms. The molecular formula is C57H62CuF5GeN2. The Labute approximate surface area is 409 Å². The van der Waals surface area contributed by atoms with Crippen molar-refractivity contribution in [1.29, 1.82) is 0 Å². The summed E-state index contributed by atoms with van der Waals surface area (Å²) in [4.78, 5) is 5.25. The summed E-state index contributed by atoms with van der Waals surface area (Å²) in [6, 6.07) is 45.3. The first kappa shape index (κ1) is 56.9. The number of benzene rings is 6. The first-order valence-electron chi connectivity index (χ1n) is 21.9. The van der Waals surface area contributed by atoms with Crippen LogP contribution in [0.2, 0.25) is 0 Å². The molecule has 66 heavy (non-hydrogen) atoms. The number of hydrogen-bond donors (Lipinski definition) is 0. The average molecular weight is 1010 g/mol. The smallest absolute Gasteiger partial charge is 0.278 e. The second-order valence-electron chi connectivity index (χ2n) is 16.8. The maximum Gasteiger partial charge on any atom is 1.00 e. The van der Waals surface area contributed by atoms with Crippen LogP contribution in [-0.4, -0.2) is 21.4 Å². The molecule has 6 aromatic carbocycles. The molecular weight excluding hydrogens is 944 g/mol.